The predicted molar refractivity (Wildman–Crippen MR) is 224 cm³/mol. The van der Waals surface area contributed by atoms with Gasteiger partial charge in [0.1, 0.15) is 27.7 Å². The van der Waals surface area contributed by atoms with E-state index < -0.39 is 46.6 Å². The summed E-state index contributed by atoms with van der Waals surface area (Å²) in [7, 11) is -4.53. The Balaban J connectivity index is 1.50. The van der Waals surface area contributed by atoms with Crippen LogP contribution in [0.2, 0.25) is 0 Å². The van der Waals surface area contributed by atoms with Crippen LogP contribution < -0.4 is 14.2 Å². The number of likely N-dealkylation sites (tertiary alicyclic amines) is 1. The number of halogens is 1. The third kappa shape index (κ3) is 9.73. The minimum atomic E-state index is -4.73. The van der Waals surface area contributed by atoms with Crippen molar-refractivity contribution in [2.75, 3.05) is 34.4 Å². The molecule has 1 aliphatic heterocycles. The van der Waals surface area contributed by atoms with E-state index in [2.05, 4.69) is 15.4 Å². The number of benzene rings is 4. The Morgan fingerprint density at radius 2 is 1.31 bits per heavy atom. The van der Waals surface area contributed by atoms with Gasteiger partial charge in [-0.1, -0.05) is 36.4 Å². The first kappa shape index (κ1) is 42.8. The average molecular weight is 945 g/mol. The van der Waals surface area contributed by atoms with Gasteiger partial charge in [-0.3, -0.25) is 0 Å². The molecule has 15 nitrogen and oxygen atoms in total. The number of ether oxygens (including phenoxy) is 4. The zero-order valence-corrected chi connectivity index (χ0v) is 36.7. The van der Waals surface area contributed by atoms with Gasteiger partial charge in [-0.05, 0) is 120 Å². The van der Waals surface area contributed by atoms with E-state index in [0.29, 0.717) is 31.9 Å². The van der Waals surface area contributed by atoms with Crippen molar-refractivity contribution >= 4 is 48.5 Å². The minimum absolute atomic E-state index is 0.0147. The van der Waals surface area contributed by atoms with Gasteiger partial charge in [0.15, 0.2) is 9.84 Å². The lowest BCUT2D eigenvalue weighted by atomic mass is 10.2. The molecule has 5 aromatic rings. The lowest BCUT2D eigenvalue weighted by Gasteiger charge is -2.26. The molecule has 1 saturated heterocycles. The number of methoxy groups -OCH3 is 3. The van der Waals surface area contributed by atoms with Crippen LogP contribution in [-0.2, 0) is 44.2 Å². The van der Waals surface area contributed by atoms with E-state index in [1.54, 1.807) is 88.5 Å². The Bertz CT molecular complexity index is 2410. The van der Waals surface area contributed by atoms with Crippen molar-refractivity contribution in [2.45, 2.75) is 67.5 Å². The molecule has 1 atom stereocenters. The smallest absolute Gasteiger partial charge is 0.410 e. The standard InChI is InChI=1S/C40H45IN6O9S2/c1-40(2,3)56-39(48)45-22-21-33(26-45)57(49,50)35-20-19-34(41)36(38-42-44-47(43-38)25-29-11-17-32(55-6)18-12-29)37(35)58(51,52)46(23-27-7-13-30(53-4)14-8-27)24-28-9-15-31(54-5)16-10-28/h7-20,33H,21-26H2,1-6H3/t33-/m1/s1. The van der Waals surface area contributed by atoms with E-state index in [1.807, 2.05) is 34.7 Å². The molecule has 58 heavy (non-hydrogen) atoms. The summed E-state index contributed by atoms with van der Waals surface area (Å²) in [5, 5.41) is 12.0. The summed E-state index contributed by atoms with van der Waals surface area (Å²) in [5.41, 5.74) is 1.27. The molecule has 308 valence electrons. The fourth-order valence-corrected chi connectivity index (χ4v) is 11.4. The number of amides is 1. The number of carbonyl (C=O) groups is 1. The normalized spacial score (nSPS) is 14.8. The molecule has 6 rings (SSSR count). The van der Waals surface area contributed by atoms with Gasteiger partial charge in [-0.15, -0.1) is 10.2 Å². The van der Waals surface area contributed by atoms with Crippen molar-refractivity contribution < 1.29 is 40.6 Å². The summed E-state index contributed by atoms with van der Waals surface area (Å²) in [6.45, 7) is 5.04. The van der Waals surface area contributed by atoms with Crippen LogP contribution in [0, 0.1) is 3.57 Å². The SMILES string of the molecule is COc1ccc(CN(Cc2ccc(OC)cc2)S(=O)(=O)c2c(S(=O)(=O)[C@@H]3CCN(C(=O)OC(C)(C)C)C3)ccc(I)c2-c2nnn(Cc3ccc(OC)cc3)n2)cc1. The Hall–Kier alpha value is -4.79. The molecular weight excluding hydrogens is 900 g/mol. The van der Waals surface area contributed by atoms with E-state index >= 15 is 8.42 Å². The number of rotatable bonds is 14. The molecular formula is C40H45IN6O9S2. The van der Waals surface area contributed by atoms with Crippen molar-refractivity contribution in [3.8, 4) is 28.6 Å². The third-order valence-electron chi connectivity index (χ3n) is 9.41. The summed E-state index contributed by atoms with van der Waals surface area (Å²) < 4.78 is 83.9. The molecule has 1 fully saturated rings. The fraction of sp³-hybridized carbons (Fsp3) is 0.350. The highest BCUT2D eigenvalue weighted by atomic mass is 127. The van der Waals surface area contributed by atoms with Gasteiger partial charge >= 0.3 is 6.09 Å². The van der Waals surface area contributed by atoms with Gasteiger partial charge in [0, 0.05) is 29.7 Å². The second kappa shape index (κ2) is 17.6. The molecule has 0 saturated carbocycles. The summed E-state index contributed by atoms with van der Waals surface area (Å²) in [6, 6.07) is 24.0. The maximum Gasteiger partial charge on any atom is 0.410 e. The minimum Gasteiger partial charge on any atom is -0.497 e. The van der Waals surface area contributed by atoms with Crippen molar-refractivity contribution in [3.05, 3.63) is 105 Å². The molecule has 4 aromatic carbocycles. The Morgan fingerprint density at radius 3 is 1.81 bits per heavy atom. The zero-order valence-electron chi connectivity index (χ0n) is 33.0. The van der Waals surface area contributed by atoms with E-state index in [-0.39, 0.29) is 50.5 Å². The molecule has 1 aliphatic rings. The lowest BCUT2D eigenvalue weighted by Crippen LogP contribution is -2.37. The van der Waals surface area contributed by atoms with Crippen LogP contribution in [0.5, 0.6) is 17.2 Å². The lowest BCUT2D eigenvalue weighted by molar-refractivity contribution is 0.0295. The predicted octanol–water partition coefficient (Wildman–Crippen LogP) is 6.19. The summed E-state index contributed by atoms with van der Waals surface area (Å²) >= 11 is 1.97. The molecule has 1 amide bonds. The number of sulfone groups is 1. The van der Waals surface area contributed by atoms with Crippen LogP contribution in [0.1, 0.15) is 43.9 Å². The summed E-state index contributed by atoms with van der Waals surface area (Å²) in [5.74, 6) is 1.76. The highest BCUT2D eigenvalue weighted by molar-refractivity contribution is 14.1. The van der Waals surface area contributed by atoms with E-state index in [0.717, 1.165) is 5.56 Å². The molecule has 1 aromatic heterocycles. The summed E-state index contributed by atoms with van der Waals surface area (Å²) in [6.07, 6.45) is -0.579. The summed E-state index contributed by atoms with van der Waals surface area (Å²) in [4.78, 5) is 14.8. The largest absolute Gasteiger partial charge is 0.497 e. The Morgan fingerprint density at radius 1 is 0.793 bits per heavy atom. The van der Waals surface area contributed by atoms with Crippen LogP contribution >= 0.6 is 22.6 Å². The Kier molecular flexibility index (Phi) is 13.0. The second-order valence-electron chi connectivity index (χ2n) is 14.6. The first-order valence-electron chi connectivity index (χ1n) is 18.2. The van der Waals surface area contributed by atoms with Gasteiger partial charge < -0.3 is 23.8 Å². The van der Waals surface area contributed by atoms with Gasteiger partial charge in [-0.25, -0.2) is 21.6 Å². The van der Waals surface area contributed by atoms with E-state index in [1.165, 1.54) is 40.4 Å². The molecule has 0 aliphatic carbocycles. The number of carbonyl (C=O) groups excluding carboxylic acids is 1. The number of nitrogens with zero attached hydrogens (tertiary/aromatic N) is 6. The quantitative estimate of drug-likeness (QED) is 0.116. The van der Waals surface area contributed by atoms with Gasteiger partial charge in [-0.2, -0.15) is 9.10 Å². The highest BCUT2D eigenvalue weighted by Gasteiger charge is 2.43. The topological polar surface area (TPSA) is 172 Å². The molecule has 0 spiro atoms. The maximum atomic E-state index is 15.5. The second-order valence-corrected chi connectivity index (χ2v) is 19.8. The van der Waals surface area contributed by atoms with E-state index in [9.17, 15) is 13.2 Å². The van der Waals surface area contributed by atoms with Gasteiger partial charge in [0.05, 0.1) is 43.6 Å². The number of tetrazole rings is 1. The maximum absolute atomic E-state index is 15.5. The van der Waals surface area contributed by atoms with Crippen LogP contribution in [0.25, 0.3) is 11.4 Å². The van der Waals surface area contributed by atoms with Crippen LogP contribution in [0.3, 0.4) is 0 Å². The average Bonchev–Trinajstić information content (AvgIpc) is 3.89. The molecule has 0 bridgehead atoms. The number of aromatic nitrogens is 4. The number of hydrogen-bond donors (Lipinski definition) is 0. The van der Waals surface area contributed by atoms with Crippen molar-refractivity contribution in [3.63, 3.8) is 0 Å². The molecule has 2 heterocycles. The van der Waals surface area contributed by atoms with Crippen LogP contribution in [0.15, 0.2) is 94.7 Å². The first-order valence-corrected chi connectivity index (χ1v) is 22.3. The monoisotopic (exact) mass is 944 g/mol. The van der Waals surface area contributed by atoms with Crippen LogP contribution in [0.4, 0.5) is 4.79 Å². The first-order chi connectivity index (χ1) is 27.5. The third-order valence-corrected chi connectivity index (χ3v) is 14.5. The van der Waals surface area contributed by atoms with Gasteiger partial charge in [0.25, 0.3) is 0 Å². The number of sulfonamides is 1. The highest BCUT2D eigenvalue weighted by Crippen LogP contribution is 2.40. The van der Waals surface area contributed by atoms with Crippen LogP contribution in [-0.4, -0.2) is 97.6 Å². The van der Waals surface area contributed by atoms with E-state index in [4.69, 9.17) is 18.9 Å². The van der Waals surface area contributed by atoms with Gasteiger partial charge in [0.2, 0.25) is 15.8 Å². The fourth-order valence-electron chi connectivity index (χ4n) is 6.41. The van der Waals surface area contributed by atoms with Crippen molar-refractivity contribution in [2.24, 2.45) is 0 Å². The zero-order chi connectivity index (χ0) is 41.8. The molecule has 0 unspecified atom stereocenters. The molecule has 18 heteroatoms. The molecule has 0 radical (unpaired) electrons. The Labute approximate surface area is 352 Å². The number of hydrogen-bond acceptors (Lipinski definition) is 12. The van der Waals surface area contributed by atoms with Crippen molar-refractivity contribution in [1.82, 2.24) is 29.4 Å². The van der Waals surface area contributed by atoms with Crippen molar-refractivity contribution in [1.29, 1.82) is 0 Å². The molecule has 0 N–H and O–H groups in total.